The van der Waals surface area contributed by atoms with Gasteiger partial charge in [0.25, 0.3) is 0 Å². The number of carbonyl (C=O) groups is 2. The van der Waals surface area contributed by atoms with Crippen LogP contribution in [0.25, 0.3) is 0 Å². The Hall–Kier alpha value is -3.50. The van der Waals surface area contributed by atoms with Crippen LogP contribution >= 0.6 is 11.6 Å². The number of hydrogen-bond donors (Lipinski definition) is 1. The maximum Gasteiger partial charge on any atom is 0.244 e. The van der Waals surface area contributed by atoms with E-state index < -0.39 is 46.1 Å². The number of nitrogens with zero attached hydrogens (tertiary/aromatic N) is 2. The van der Waals surface area contributed by atoms with Crippen LogP contribution in [0.2, 0.25) is 5.02 Å². The first-order valence-corrected chi connectivity index (χ1v) is 16.1. The SMILES string of the molecule is CS(=O)(=O)N(CC(=O)N(Cc1ccccc1F)[C@@H](Cc1ccccc1)C(=O)NC1CCCCC1)c1ccc(F)c(Cl)c1. The van der Waals surface area contributed by atoms with Crippen LogP contribution < -0.4 is 9.62 Å². The van der Waals surface area contributed by atoms with Gasteiger partial charge in [0.2, 0.25) is 21.8 Å². The molecule has 0 aliphatic heterocycles. The number of hydrogen-bond acceptors (Lipinski definition) is 4. The molecule has 1 fully saturated rings. The van der Waals surface area contributed by atoms with Crippen LogP contribution in [0.15, 0.2) is 72.8 Å². The molecule has 1 N–H and O–H groups in total. The first-order valence-electron chi connectivity index (χ1n) is 13.8. The van der Waals surface area contributed by atoms with Gasteiger partial charge < -0.3 is 10.2 Å². The van der Waals surface area contributed by atoms with Gasteiger partial charge in [0.05, 0.1) is 17.0 Å². The summed E-state index contributed by atoms with van der Waals surface area (Å²) in [7, 11) is -4.05. The standard InChI is InChI=1S/C31H34ClF2N3O4S/c1-42(40,41)37(25-16-17-28(34)26(32)19-25)21-30(38)36(20-23-12-8-9-15-27(23)33)29(18-22-10-4-2-5-11-22)31(39)35-24-13-6-3-7-14-24/h2,4-5,8-12,15-17,19,24,29H,3,6-7,13-14,18,20-21H2,1H3,(H,35,39)/t29-/m0/s1. The molecule has 7 nitrogen and oxygen atoms in total. The number of anilines is 1. The number of nitrogens with one attached hydrogen (secondary N) is 1. The smallest absolute Gasteiger partial charge is 0.244 e. The zero-order valence-electron chi connectivity index (χ0n) is 23.3. The van der Waals surface area contributed by atoms with E-state index >= 15 is 0 Å². The van der Waals surface area contributed by atoms with Crippen molar-refractivity contribution in [2.75, 3.05) is 17.1 Å². The van der Waals surface area contributed by atoms with Gasteiger partial charge in [0, 0.05) is 24.6 Å². The molecule has 1 aliphatic rings. The summed E-state index contributed by atoms with van der Waals surface area (Å²) in [5.74, 6) is -2.44. The average molecular weight is 618 g/mol. The number of amides is 2. The monoisotopic (exact) mass is 617 g/mol. The van der Waals surface area contributed by atoms with Crippen LogP contribution in [0.3, 0.4) is 0 Å². The molecule has 2 amide bonds. The molecule has 0 aromatic heterocycles. The highest BCUT2D eigenvalue weighted by Gasteiger charge is 2.34. The molecule has 11 heteroatoms. The molecule has 1 aliphatic carbocycles. The average Bonchev–Trinajstić information content (AvgIpc) is 2.96. The van der Waals surface area contributed by atoms with Crippen molar-refractivity contribution in [2.45, 2.75) is 57.2 Å². The molecule has 42 heavy (non-hydrogen) atoms. The van der Waals surface area contributed by atoms with Gasteiger partial charge in [-0.15, -0.1) is 0 Å². The lowest BCUT2D eigenvalue weighted by molar-refractivity contribution is -0.140. The first-order chi connectivity index (χ1) is 20.0. The third-order valence-corrected chi connectivity index (χ3v) is 8.82. The Morgan fingerprint density at radius 2 is 1.62 bits per heavy atom. The van der Waals surface area contributed by atoms with Gasteiger partial charge in [-0.05, 0) is 42.7 Å². The minimum atomic E-state index is -4.05. The number of halogens is 3. The van der Waals surface area contributed by atoms with Crippen molar-refractivity contribution in [2.24, 2.45) is 0 Å². The molecule has 0 spiro atoms. The molecular formula is C31H34ClF2N3O4S. The minimum Gasteiger partial charge on any atom is -0.352 e. The third-order valence-electron chi connectivity index (χ3n) is 7.39. The Bertz CT molecular complexity index is 1500. The summed E-state index contributed by atoms with van der Waals surface area (Å²) in [6.07, 6.45) is 5.73. The molecule has 0 heterocycles. The van der Waals surface area contributed by atoms with E-state index in [1.165, 1.54) is 29.2 Å². The molecule has 3 aromatic carbocycles. The van der Waals surface area contributed by atoms with Crippen molar-refractivity contribution < 1.29 is 26.8 Å². The van der Waals surface area contributed by atoms with E-state index in [9.17, 15) is 26.8 Å². The molecule has 3 aromatic rings. The summed E-state index contributed by atoms with van der Waals surface area (Å²) in [6.45, 7) is -0.986. The van der Waals surface area contributed by atoms with E-state index in [1.54, 1.807) is 6.07 Å². The summed E-state index contributed by atoms with van der Waals surface area (Å²) in [4.78, 5) is 29.2. The lowest BCUT2D eigenvalue weighted by Crippen LogP contribution is -2.55. The van der Waals surface area contributed by atoms with E-state index in [0.29, 0.717) is 0 Å². The lowest BCUT2D eigenvalue weighted by Gasteiger charge is -2.35. The van der Waals surface area contributed by atoms with Gasteiger partial charge in [0.15, 0.2) is 0 Å². The van der Waals surface area contributed by atoms with Crippen LogP contribution in [0, 0.1) is 11.6 Å². The Labute approximate surface area is 250 Å². The van der Waals surface area contributed by atoms with Crippen molar-refractivity contribution in [1.82, 2.24) is 10.2 Å². The maximum absolute atomic E-state index is 14.9. The number of rotatable bonds is 11. The Morgan fingerprint density at radius 1 is 0.952 bits per heavy atom. The molecular weight excluding hydrogens is 584 g/mol. The normalized spacial score (nSPS) is 14.7. The topological polar surface area (TPSA) is 86.8 Å². The summed E-state index contributed by atoms with van der Waals surface area (Å²) in [5.41, 5.74) is 0.928. The Balaban J connectivity index is 1.74. The fourth-order valence-electron chi connectivity index (χ4n) is 5.16. The van der Waals surface area contributed by atoms with Gasteiger partial charge in [-0.25, -0.2) is 17.2 Å². The second-order valence-corrected chi connectivity index (χ2v) is 12.8. The molecule has 1 atom stereocenters. The highest BCUT2D eigenvalue weighted by atomic mass is 35.5. The van der Waals surface area contributed by atoms with Crippen LogP contribution in [-0.2, 0) is 32.6 Å². The number of carbonyl (C=O) groups excluding carboxylic acids is 2. The van der Waals surface area contributed by atoms with Crippen LogP contribution in [-0.4, -0.2) is 50.0 Å². The lowest BCUT2D eigenvalue weighted by atomic mass is 9.94. The highest BCUT2D eigenvalue weighted by molar-refractivity contribution is 7.92. The van der Waals surface area contributed by atoms with Gasteiger partial charge in [-0.3, -0.25) is 13.9 Å². The highest BCUT2D eigenvalue weighted by Crippen LogP contribution is 2.26. The molecule has 1 saturated carbocycles. The summed E-state index contributed by atoms with van der Waals surface area (Å²) < 4.78 is 55.2. The van der Waals surface area contributed by atoms with Crippen LogP contribution in [0.1, 0.15) is 43.2 Å². The maximum atomic E-state index is 14.9. The van der Waals surface area contributed by atoms with Crippen LogP contribution in [0.5, 0.6) is 0 Å². The molecule has 4 rings (SSSR count). The predicted molar refractivity (Wildman–Crippen MR) is 159 cm³/mol. The quantitative estimate of drug-likeness (QED) is 0.309. The minimum absolute atomic E-state index is 0.0191. The van der Waals surface area contributed by atoms with Crippen molar-refractivity contribution in [3.05, 3.63) is 101 Å². The fraction of sp³-hybridized carbons (Fsp3) is 0.355. The zero-order valence-corrected chi connectivity index (χ0v) is 24.9. The summed E-state index contributed by atoms with van der Waals surface area (Å²) in [5, 5.41) is 2.77. The van der Waals surface area contributed by atoms with E-state index in [1.807, 2.05) is 30.3 Å². The van der Waals surface area contributed by atoms with E-state index in [0.717, 1.165) is 60.4 Å². The van der Waals surface area contributed by atoms with Gasteiger partial charge >= 0.3 is 0 Å². The Kier molecular flexibility index (Phi) is 10.6. The molecule has 224 valence electrons. The summed E-state index contributed by atoms with van der Waals surface area (Å²) >= 11 is 5.92. The zero-order chi connectivity index (χ0) is 30.3. The predicted octanol–water partition coefficient (Wildman–Crippen LogP) is 5.47. The molecule has 0 unspecified atom stereocenters. The van der Waals surface area contributed by atoms with Crippen molar-refractivity contribution in [1.29, 1.82) is 0 Å². The molecule has 0 radical (unpaired) electrons. The van der Waals surface area contributed by atoms with Crippen LogP contribution in [0.4, 0.5) is 14.5 Å². The van der Waals surface area contributed by atoms with E-state index in [4.69, 9.17) is 11.6 Å². The molecule has 0 bridgehead atoms. The van der Waals surface area contributed by atoms with Crippen molar-refractivity contribution >= 4 is 39.1 Å². The fourth-order valence-corrected chi connectivity index (χ4v) is 6.18. The summed E-state index contributed by atoms with van der Waals surface area (Å²) in [6, 6.07) is 17.2. The van der Waals surface area contributed by atoms with Gasteiger partial charge in [-0.1, -0.05) is 79.4 Å². The van der Waals surface area contributed by atoms with E-state index in [2.05, 4.69) is 5.32 Å². The van der Waals surface area contributed by atoms with Gasteiger partial charge in [0.1, 0.15) is 24.2 Å². The van der Waals surface area contributed by atoms with Gasteiger partial charge in [-0.2, -0.15) is 0 Å². The first kappa shape index (κ1) is 31.4. The van der Waals surface area contributed by atoms with E-state index in [-0.39, 0.29) is 35.3 Å². The number of benzene rings is 3. The van der Waals surface area contributed by atoms with Crippen molar-refractivity contribution in [3.8, 4) is 0 Å². The number of sulfonamides is 1. The third kappa shape index (κ3) is 8.29. The van der Waals surface area contributed by atoms with Crippen molar-refractivity contribution in [3.63, 3.8) is 0 Å². The molecule has 0 saturated heterocycles. The second kappa shape index (κ2) is 14.1. The Morgan fingerprint density at radius 3 is 2.26 bits per heavy atom. The second-order valence-electron chi connectivity index (χ2n) is 10.5. The largest absolute Gasteiger partial charge is 0.352 e.